The third-order valence-corrected chi connectivity index (χ3v) is 10.6. The molecule has 1 N–H and O–H groups in total. The number of rotatable bonds is 6. The molecule has 9 nitrogen and oxygen atoms in total. The fourth-order valence-corrected chi connectivity index (χ4v) is 8.65. The summed E-state index contributed by atoms with van der Waals surface area (Å²) >= 11 is 12.8. The number of halogens is 3. The zero-order chi connectivity index (χ0) is 33.5. The van der Waals surface area contributed by atoms with Crippen molar-refractivity contribution in [1.82, 2.24) is 19.3 Å². The van der Waals surface area contributed by atoms with Gasteiger partial charge in [-0.2, -0.15) is 0 Å². The second-order valence-corrected chi connectivity index (χ2v) is 13.2. The minimum Gasteiger partial charge on any atom is -0.494 e. The lowest BCUT2D eigenvalue weighted by atomic mass is 9.71. The summed E-state index contributed by atoms with van der Waals surface area (Å²) < 4.78 is 29.2. The number of aryl methyl sites for hydroxylation is 1. The van der Waals surface area contributed by atoms with Gasteiger partial charge in [0.25, 0.3) is 0 Å². The van der Waals surface area contributed by atoms with Crippen molar-refractivity contribution in [2.75, 3.05) is 19.0 Å². The number of aromatic nitrogens is 3. The predicted molar refractivity (Wildman–Crippen MR) is 185 cm³/mol. The number of likely N-dealkylation sites (tertiary alicyclic amines) is 1. The van der Waals surface area contributed by atoms with E-state index in [9.17, 15) is 9.59 Å². The van der Waals surface area contributed by atoms with Crippen LogP contribution < -0.4 is 10.1 Å². The fraction of sp³-hybridized carbons (Fsp3) is 0.297. The standard InChI is InChI=1S/C36H30Cl2FN5O4.CH4/c1-4-48-21-7-5-6-19(14-21)17-44-26-16-27-31(42-33-18(2)22(34(45)47-3)11-13-43(27)33)28(26)29(23-10-12-40-32(38)30(23)39)36(44)24-9-8-20(37)15-25(24)41-35(36)46;/h5-15,26,28-29H,4,16-17H2,1-3H3,(H,41,46);1H4/t26-,28+,29-,36+;/m0./s1. The largest absolute Gasteiger partial charge is 0.494 e. The van der Waals surface area contributed by atoms with Crippen molar-refractivity contribution in [1.29, 1.82) is 0 Å². The fourth-order valence-electron chi connectivity index (χ4n) is 8.31. The molecule has 12 heteroatoms. The van der Waals surface area contributed by atoms with Gasteiger partial charge in [-0.25, -0.2) is 19.2 Å². The lowest BCUT2D eigenvalue weighted by Crippen LogP contribution is -2.52. The Morgan fingerprint density at radius 1 is 1.16 bits per heavy atom. The average molecular weight is 703 g/mol. The number of esters is 1. The summed E-state index contributed by atoms with van der Waals surface area (Å²) in [5.41, 5.74) is 4.44. The number of anilines is 1. The van der Waals surface area contributed by atoms with Crippen molar-refractivity contribution in [3.63, 3.8) is 0 Å². The van der Waals surface area contributed by atoms with E-state index in [1.165, 1.54) is 13.3 Å². The van der Waals surface area contributed by atoms with Crippen molar-refractivity contribution in [3.05, 3.63) is 122 Å². The molecule has 3 aliphatic rings. The van der Waals surface area contributed by atoms with E-state index < -0.39 is 29.2 Å². The maximum Gasteiger partial charge on any atom is 0.338 e. The Balaban J connectivity index is 0.00000378. The molecule has 252 valence electrons. The Bertz CT molecular complexity index is 2170. The van der Waals surface area contributed by atoms with Crippen molar-refractivity contribution >= 4 is 46.4 Å². The zero-order valence-electron chi connectivity index (χ0n) is 26.3. The summed E-state index contributed by atoms with van der Waals surface area (Å²) in [4.78, 5) is 38.7. The Morgan fingerprint density at radius 2 is 1.98 bits per heavy atom. The SMILES string of the molecule is C.CCOc1cccc(CN2[C@H]3Cc4c(nc5c(C)c(C(=O)OC)ccn45)[C@H]3[C@H](c3ccnc(Cl)c3F)[C@]23C(=O)Nc2cc(Cl)ccc23)c1. The van der Waals surface area contributed by atoms with Crippen LogP contribution in [0.3, 0.4) is 0 Å². The van der Waals surface area contributed by atoms with Crippen LogP contribution in [0.2, 0.25) is 10.2 Å². The van der Waals surface area contributed by atoms with Crippen LogP contribution in [-0.2, 0) is 28.0 Å². The van der Waals surface area contributed by atoms with Gasteiger partial charge in [0, 0.05) is 70.8 Å². The zero-order valence-corrected chi connectivity index (χ0v) is 27.8. The van der Waals surface area contributed by atoms with Crippen LogP contribution in [0, 0.1) is 12.7 Å². The number of hydrogen-bond donors (Lipinski definition) is 1. The Hall–Kier alpha value is -4.51. The van der Waals surface area contributed by atoms with Crippen molar-refractivity contribution in [2.45, 2.75) is 57.7 Å². The molecule has 8 rings (SSSR count). The molecule has 5 heterocycles. The molecular weight excluding hydrogens is 668 g/mol. The van der Waals surface area contributed by atoms with Gasteiger partial charge in [0.05, 0.1) is 25.0 Å². The van der Waals surface area contributed by atoms with E-state index in [1.807, 2.05) is 54.8 Å². The third kappa shape index (κ3) is 4.68. The number of benzene rings is 2. The summed E-state index contributed by atoms with van der Waals surface area (Å²) in [6, 6.07) is 16.2. The van der Waals surface area contributed by atoms with E-state index in [4.69, 9.17) is 37.7 Å². The van der Waals surface area contributed by atoms with Gasteiger partial charge in [0.15, 0.2) is 11.0 Å². The molecule has 1 amide bonds. The summed E-state index contributed by atoms with van der Waals surface area (Å²) in [7, 11) is 1.34. The Morgan fingerprint density at radius 3 is 2.76 bits per heavy atom. The van der Waals surface area contributed by atoms with Crippen LogP contribution in [0.1, 0.15) is 70.2 Å². The molecule has 5 aromatic rings. The molecule has 49 heavy (non-hydrogen) atoms. The first-order chi connectivity index (χ1) is 23.2. The first-order valence-electron chi connectivity index (χ1n) is 15.7. The Kier molecular flexibility index (Phi) is 8.16. The number of ether oxygens (including phenoxy) is 2. The predicted octanol–water partition coefficient (Wildman–Crippen LogP) is 7.46. The van der Waals surface area contributed by atoms with Gasteiger partial charge in [0.2, 0.25) is 5.91 Å². The molecule has 1 aliphatic carbocycles. The van der Waals surface area contributed by atoms with Crippen LogP contribution in [0.4, 0.5) is 10.1 Å². The number of fused-ring (bicyclic) bond motifs is 7. The normalized spacial score (nSPS) is 22.1. The van der Waals surface area contributed by atoms with Gasteiger partial charge in [-0.15, -0.1) is 0 Å². The van der Waals surface area contributed by atoms with Crippen LogP contribution in [0.25, 0.3) is 5.65 Å². The molecule has 1 spiro atoms. The summed E-state index contributed by atoms with van der Waals surface area (Å²) in [6.45, 7) is 4.62. The topological polar surface area (TPSA) is 98.1 Å². The molecular formula is C37H34Cl2FN5O4. The van der Waals surface area contributed by atoms with Crippen LogP contribution in [0.5, 0.6) is 5.75 Å². The maximum atomic E-state index is 16.4. The molecule has 1 saturated heterocycles. The van der Waals surface area contributed by atoms with E-state index in [1.54, 1.807) is 24.3 Å². The Labute approximate surface area is 293 Å². The lowest BCUT2D eigenvalue weighted by molar-refractivity contribution is -0.128. The highest BCUT2D eigenvalue weighted by Crippen LogP contribution is 2.65. The number of methoxy groups -OCH3 is 1. The maximum absolute atomic E-state index is 16.4. The number of carbonyl (C=O) groups is 2. The smallest absolute Gasteiger partial charge is 0.338 e. The van der Waals surface area contributed by atoms with Crippen LogP contribution in [0.15, 0.2) is 67.0 Å². The number of nitrogens with one attached hydrogen (secondary N) is 1. The first kappa shape index (κ1) is 33.0. The average Bonchev–Trinajstić information content (AvgIpc) is 3.77. The van der Waals surface area contributed by atoms with Crippen molar-refractivity contribution in [2.24, 2.45) is 0 Å². The quantitative estimate of drug-likeness (QED) is 0.145. The highest BCUT2D eigenvalue weighted by Gasteiger charge is 2.69. The van der Waals surface area contributed by atoms with Crippen molar-refractivity contribution in [3.8, 4) is 5.75 Å². The van der Waals surface area contributed by atoms with Gasteiger partial charge in [-0.1, -0.05) is 48.8 Å². The summed E-state index contributed by atoms with van der Waals surface area (Å²) in [6.07, 6.45) is 3.81. The van der Waals surface area contributed by atoms with Gasteiger partial charge < -0.3 is 19.2 Å². The molecule has 0 bridgehead atoms. The van der Waals surface area contributed by atoms with Gasteiger partial charge in [0.1, 0.15) is 16.9 Å². The van der Waals surface area contributed by atoms with Gasteiger partial charge >= 0.3 is 5.97 Å². The molecule has 0 unspecified atom stereocenters. The number of imidazole rings is 1. The van der Waals surface area contributed by atoms with Gasteiger partial charge in [-0.05, 0) is 61.4 Å². The lowest BCUT2D eigenvalue weighted by Gasteiger charge is -2.40. The molecule has 0 saturated carbocycles. The number of nitrogens with zero attached hydrogens (tertiary/aromatic N) is 4. The van der Waals surface area contributed by atoms with Crippen LogP contribution >= 0.6 is 23.2 Å². The number of hydrogen-bond acceptors (Lipinski definition) is 7. The van der Waals surface area contributed by atoms with E-state index >= 15 is 4.39 Å². The number of pyridine rings is 2. The molecule has 2 aliphatic heterocycles. The second kappa shape index (κ2) is 12.1. The first-order valence-corrected chi connectivity index (χ1v) is 16.4. The minimum absolute atomic E-state index is 0. The highest BCUT2D eigenvalue weighted by molar-refractivity contribution is 6.31. The molecule has 0 radical (unpaired) electrons. The number of carbonyl (C=O) groups excluding carboxylic acids is 2. The monoisotopic (exact) mass is 701 g/mol. The molecule has 4 atom stereocenters. The summed E-state index contributed by atoms with van der Waals surface area (Å²) in [5.74, 6) is -1.93. The molecule has 3 aromatic heterocycles. The van der Waals surface area contributed by atoms with E-state index in [-0.39, 0.29) is 30.1 Å². The van der Waals surface area contributed by atoms with E-state index in [0.29, 0.717) is 52.6 Å². The second-order valence-electron chi connectivity index (χ2n) is 12.4. The van der Waals surface area contributed by atoms with E-state index in [0.717, 1.165) is 22.7 Å². The molecule has 2 aromatic carbocycles. The number of amides is 1. The van der Waals surface area contributed by atoms with Crippen LogP contribution in [-0.4, -0.2) is 50.9 Å². The summed E-state index contributed by atoms with van der Waals surface area (Å²) in [5, 5.41) is 3.28. The third-order valence-electron chi connectivity index (χ3n) is 10.1. The van der Waals surface area contributed by atoms with E-state index in [2.05, 4.69) is 15.2 Å². The molecule has 1 fully saturated rings. The minimum atomic E-state index is -1.37. The highest BCUT2D eigenvalue weighted by atomic mass is 35.5. The van der Waals surface area contributed by atoms with Gasteiger partial charge in [-0.3, -0.25) is 9.69 Å². The van der Waals surface area contributed by atoms with Crippen molar-refractivity contribution < 1.29 is 23.5 Å².